The first-order valence-corrected chi connectivity index (χ1v) is 9.60. The fourth-order valence-corrected chi connectivity index (χ4v) is 3.82. The molecule has 0 spiro atoms. The summed E-state index contributed by atoms with van der Waals surface area (Å²) in [6.45, 7) is 4.45. The third-order valence-electron chi connectivity index (χ3n) is 4.23. The van der Waals surface area contributed by atoms with Crippen LogP contribution in [0.1, 0.15) is 25.0 Å². The summed E-state index contributed by atoms with van der Waals surface area (Å²) >= 11 is 1.44. The summed E-state index contributed by atoms with van der Waals surface area (Å²) in [6, 6.07) is 17.0. The summed E-state index contributed by atoms with van der Waals surface area (Å²) in [5.41, 5.74) is 1.54. The first-order chi connectivity index (χ1) is 13.2. The van der Waals surface area contributed by atoms with Crippen molar-refractivity contribution in [2.24, 2.45) is 0 Å². The Balaban J connectivity index is 1.66. The molecule has 0 saturated heterocycles. The van der Waals surface area contributed by atoms with Crippen molar-refractivity contribution >= 4 is 22.7 Å². The lowest BCUT2D eigenvalue weighted by Gasteiger charge is -2.13. The number of nitrogens with zero attached hydrogens (tertiary/aromatic N) is 4. The van der Waals surface area contributed by atoms with Crippen LogP contribution in [0.2, 0.25) is 0 Å². The second kappa shape index (κ2) is 7.36. The highest BCUT2D eigenvalue weighted by Crippen LogP contribution is 2.34. The van der Waals surface area contributed by atoms with Gasteiger partial charge in [-0.25, -0.2) is 4.98 Å². The zero-order chi connectivity index (χ0) is 18.8. The average Bonchev–Trinajstić information content (AvgIpc) is 3.19. The van der Waals surface area contributed by atoms with E-state index in [0.29, 0.717) is 34.4 Å². The summed E-state index contributed by atoms with van der Waals surface area (Å²) < 4.78 is 7.52. The number of aromatic nitrogens is 4. The largest absolute Gasteiger partial charge is 0.419 e. The summed E-state index contributed by atoms with van der Waals surface area (Å²) in [5.74, 6) is 0.987. The number of fused-ring (bicyclic) bond motifs is 1. The lowest BCUT2D eigenvalue weighted by atomic mass is 10.2. The van der Waals surface area contributed by atoms with Gasteiger partial charge in [-0.05, 0) is 38.1 Å². The van der Waals surface area contributed by atoms with Crippen LogP contribution in [0, 0.1) is 0 Å². The van der Waals surface area contributed by atoms with E-state index in [1.54, 1.807) is 10.6 Å². The predicted octanol–water partition coefficient (Wildman–Crippen LogP) is 4.32. The van der Waals surface area contributed by atoms with Crippen LogP contribution in [-0.4, -0.2) is 19.7 Å². The van der Waals surface area contributed by atoms with Crippen LogP contribution >= 0.6 is 11.8 Å². The molecular formula is C20H18N4O2S. The predicted molar refractivity (Wildman–Crippen MR) is 106 cm³/mol. The SMILES string of the molecule is CCn1c(S[C@H](C)c2nnc(-c3ccccc3)o2)nc2ccccc2c1=O. The second-order valence-corrected chi connectivity index (χ2v) is 7.34. The minimum absolute atomic E-state index is 0.0340. The highest BCUT2D eigenvalue weighted by Gasteiger charge is 2.19. The molecule has 4 aromatic rings. The van der Waals surface area contributed by atoms with E-state index in [9.17, 15) is 4.79 Å². The molecule has 0 bridgehead atoms. The van der Waals surface area contributed by atoms with E-state index in [0.717, 1.165) is 5.56 Å². The van der Waals surface area contributed by atoms with Crippen molar-refractivity contribution in [2.75, 3.05) is 0 Å². The molecule has 6 nitrogen and oxygen atoms in total. The molecule has 7 heteroatoms. The molecule has 0 fully saturated rings. The van der Waals surface area contributed by atoms with Gasteiger partial charge >= 0.3 is 0 Å². The molecule has 27 heavy (non-hydrogen) atoms. The van der Waals surface area contributed by atoms with Crippen molar-refractivity contribution in [3.63, 3.8) is 0 Å². The van der Waals surface area contributed by atoms with Crippen molar-refractivity contribution in [1.82, 2.24) is 19.7 Å². The van der Waals surface area contributed by atoms with Crippen molar-refractivity contribution in [1.29, 1.82) is 0 Å². The van der Waals surface area contributed by atoms with Crippen LogP contribution in [-0.2, 0) is 6.54 Å². The Kier molecular flexibility index (Phi) is 4.77. The van der Waals surface area contributed by atoms with Gasteiger partial charge in [-0.3, -0.25) is 9.36 Å². The van der Waals surface area contributed by atoms with E-state index in [-0.39, 0.29) is 10.8 Å². The van der Waals surface area contributed by atoms with Crippen LogP contribution in [0.3, 0.4) is 0 Å². The van der Waals surface area contributed by atoms with E-state index in [4.69, 9.17) is 4.42 Å². The Morgan fingerprint density at radius 1 is 1.07 bits per heavy atom. The second-order valence-electron chi connectivity index (χ2n) is 6.03. The topological polar surface area (TPSA) is 73.8 Å². The van der Waals surface area contributed by atoms with Crippen LogP contribution in [0.15, 0.2) is 69.0 Å². The molecule has 1 atom stereocenters. The van der Waals surface area contributed by atoms with Crippen molar-refractivity contribution in [2.45, 2.75) is 30.8 Å². The zero-order valence-corrected chi connectivity index (χ0v) is 15.8. The third-order valence-corrected chi connectivity index (χ3v) is 5.31. The van der Waals surface area contributed by atoms with E-state index in [2.05, 4.69) is 15.2 Å². The van der Waals surface area contributed by atoms with Crippen LogP contribution in [0.5, 0.6) is 0 Å². The lowest BCUT2D eigenvalue weighted by molar-refractivity contribution is 0.508. The molecule has 0 unspecified atom stereocenters. The van der Waals surface area contributed by atoms with Gasteiger partial charge < -0.3 is 4.42 Å². The molecule has 0 aliphatic heterocycles. The summed E-state index contributed by atoms with van der Waals surface area (Å²) in [5, 5.41) is 9.45. The minimum Gasteiger partial charge on any atom is -0.419 e. The maximum Gasteiger partial charge on any atom is 0.262 e. The molecule has 0 N–H and O–H groups in total. The highest BCUT2D eigenvalue weighted by atomic mass is 32.2. The van der Waals surface area contributed by atoms with Crippen LogP contribution in [0.4, 0.5) is 0 Å². The van der Waals surface area contributed by atoms with E-state index in [1.165, 1.54) is 11.8 Å². The maximum absolute atomic E-state index is 12.7. The third kappa shape index (κ3) is 3.38. The normalized spacial score (nSPS) is 12.4. The molecule has 0 radical (unpaired) electrons. The van der Waals surface area contributed by atoms with Crippen molar-refractivity contribution < 1.29 is 4.42 Å². The molecular weight excluding hydrogens is 360 g/mol. The molecule has 2 aromatic carbocycles. The van der Waals surface area contributed by atoms with Gasteiger partial charge in [0, 0.05) is 12.1 Å². The van der Waals surface area contributed by atoms with E-state index in [1.807, 2.05) is 62.4 Å². The Morgan fingerprint density at radius 2 is 1.81 bits per heavy atom. The Hall–Kier alpha value is -2.93. The maximum atomic E-state index is 12.7. The molecule has 2 heterocycles. The molecule has 0 amide bonds. The standard InChI is InChI=1S/C20H18N4O2S/c1-3-24-19(25)15-11-7-8-12-16(15)21-20(24)27-13(2)17-22-23-18(26-17)14-9-5-4-6-10-14/h4-13H,3H2,1-2H3/t13-/m1/s1. The number of para-hydroxylation sites is 1. The van der Waals surface area contributed by atoms with Gasteiger partial charge in [-0.15, -0.1) is 10.2 Å². The fraction of sp³-hybridized carbons (Fsp3) is 0.200. The lowest BCUT2D eigenvalue weighted by Crippen LogP contribution is -2.22. The highest BCUT2D eigenvalue weighted by molar-refractivity contribution is 7.99. The number of benzene rings is 2. The Labute approximate surface area is 160 Å². The van der Waals surface area contributed by atoms with Gasteiger partial charge in [0.1, 0.15) is 0 Å². The van der Waals surface area contributed by atoms with Gasteiger partial charge in [0.15, 0.2) is 5.16 Å². The average molecular weight is 378 g/mol. The Bertz CT molecular complexity index is 1140. The first-order valence-electron chi connectivity index (χ1n) is 8.72. The molecule has 0 aliphatic rings. The van der Waals surface area contributed by atoms with Crippen LogP contribution < -0.4 is 5.56 Å². The van der Waals surface area contributed by atoms with E-state index >= 15 is 0 Å². The molecule has 0 saturated carbocycles. The number of thioether (sulfide) groups is 1. The van der Waals surface area contributed by atoms with Gasteiger partial charge in [0.25, 0.3) is 5.56 Å². The first kappa shape index (κ1) is 17.5. The summed E-state index contributed by atoms with van der Waals surface area (Å²) in [7, 11) is 0. The number of hydrogen-bond acceptors (Lipinski definition) is 6. The minimum atomic E-state index is -0.138. The Morgan fingerprint density at radius 3 is 2.59 bits per heavy atom. The zero-order valence-electron chi connectivity index (χ0n) is 15.0. The van der Waals surface area contributed by atoms with Gasteiger partial charge in [-0.1, -0.05) is 42.1 Å². The molecule has 2 aromatic heterocycles. The number of rotatable bonds is 5. The van der Waals surface area contributed by atoms with Crippen LogP contribution in [0.25, 0.3) is 22.4 Å². The van der Waals surface area contributed by atoms with E-state index < -0.39 is 0 Å². The van der Waals surface area contributed by atoms with Gasteiger partial charge in [-0.2, -0.15) is 0 Å². The van der Waals surface area contributed by atoms with Gasteiger partial charge in [0.05, 0.1) is 16.2 Å². The summed E-state index contributed by atoms with van der Waals surface area (Å²) in [6.07, 6.45) is 0. The molecule has 136 valence electrons. The smallest absolute Gasteiger partial charge is 0.262 e. The van der Waals surface area contributed by atoms with Crippen molar-refractivity contribution in [3.8, 4) is 11.5 Å². The number of hydrogen-bond donors (Lipinski definition) is 0. The monoisotopic (exact) mass is 378 g/mol. The van der Waals surface area contributed by atoms with Gasteiger partial charge in [0.2, 0.25) is 11.8 Å². The molecule has 0 aliphatic carbocycles. The fourth-order valence-electron chi connectivity index (χ4n) is 2.82. The summed E-state index contributed by atoms with van der Waals surface area (Å²) in [4.78, 5) is 17.4. The molecule has 4 rings (SSSR count). The quantitative estimate of drug-likeness (QED) is 0.380. The van der Waals surface area contributed by atoms with Crippen molar-refractivity contribution in [3.05, 3.63) is 70.8 Å².